The molecule has 0 unspecified atom stereocenters. The molecule has 0 bridgehead atoms. The molecule has 0 spiro atoms. The smallest absolute Gasteiger partial charge is 0.409 e. The Bertz CT molecular complexity index is 676. The summed E-state index contributed by atoms with van der Waals surface area (Å²) in [6.45, 7) is 5.42. The van der Waals surface area contributed by atoms with Crippen molar-refractivity contribution in [1.82, 2.24) is 15.1 Å². The lowest BCUT2D eigenvalue weighted by Gasteiger charge is -2.35. The number of carbonyl (C=O) groups is 1. The molecule has 0 radical (unpaired) electrons. The van der Waals surface area contributed by atoms with Gasteiger partial charge in [-0.15, -0.1) is 0 Å². The van der Waals surface area contributed by atoms with Crippen LogP contribution in [0.5, 0.6) is 11.5 Å². The Balaban J connectivity index is 1.95. The highest BCUT2D eigenvalue weighted by Gasteiger charge is 2.23. The maximum Gasteiger partial charge on any atom is 0.409 e. The SMILES string of the molecule is CCOC(=O)N1CCN(C(=NC)NCc2cc(Br)c(OC)c(OC)c2)CC1. The summed E-state index contributed by atoms with van der Waals surface area (Å²) in [5.41, 5.74) is 1.03. The van der Waals surface area contributed by atoms with Crippen LogP contribution in [-0.2, 0) is 11.3 Å². The Kier molecular flexibility index (Phi) is 8.02. The van der Waals surface area contributed by atoms with E-state index in [1.165, 1.54) is 0 Å². The van der Waals surface area contributed by atoms with E-state index >= 15 is 0 Å². The van der Waals surface area contributed by atoms with Crippen LogP contribution in [0.3, 0.4) is 0 Å². The molecule has 1 heterocycles. The van der Waals surface area contributed by atoms with Crippen molar-refractivity contribution < 1.29 is 19.0 Å². The van der Waals surface area contributed by atoms with Crippen LogP contribution in [0.15, 0.2) is 21.6 Å². The Morgan fingerprint density at radius 3 is 2.41 bits per heavy atom. The van der Waals surface area contributed by atoms with Crippen LogP contribution in [0, 0.1) is 0 Å². The zero-order valence-electron chi connectivity index (χ0n) is 16.2. The molecule has 150 valence electrons. The molecule has 1 saturated heterocycles. The molecule has 1 N–H and O–H groups in total. The number of amides is 1. The number of rotatable bonds is 5. The van der Waals surface area contributed by atoms with Gasteiger partial charge in [-0.1, -0.05) is 0 Å². The van der Waals surface area contributed by atoms with Gasteiger partial charge < -0.3 is 29.3 Å². The number of benzene rings is 1. The third-order valence-corrected chi connectivity index (χ3v) is 4.85. The molecular formula is C18H27BrN4O4. The predicted molar refractivity (Wildman–Crippen MR) is 108 cm³/mol. The molecule has 0 aromatic heterocycles. The summed E-state index contributed by atoms with van der Waals surface area (Å²) in [5, 5.41) is 3.36. The third kappa shape index (κ3) is 5.41. The van der Waals surface area contributed by atoms with Crippen molar-refractivity contribution in [2.24, 2.45) is 4.99 Å². The van der Waals surface area contributed by atoms with Crippen molar-refractivity contribution in [1.29, 1.82) is 0 Å². The summed E-state index contributed by atoms with van der Waals surface area (Å²) in [7, 11) is 4.98. The first kappa shape index (κ1) is 21.1. The van der Waals surface area contributed by atoms with Crippen molar-refractivity contribution in [2.45, 2.75) is 13.5 Å². The molecule has 0 atom stereocenters. The molecule has 0 saturated carbocycles. The van der Waals surface area contributed by atoms with E-state index in [2.05, 4.69) is 31.1 Å². The Morgan fingerprint density at radius 2 is 1.85 bits per heavy atom. The summed E-state index contributed by atoms with van der Waals surface area (Å²) in [6.07, 6.45) is -0.254. The van der Waals surface area contributed by atoms with Crippen LogP contribution in [0.1, 0.15) is 12.5 Å². The van der Waals surface area contributed by atoms with Crippen LogP contribution < -0.4 is 14.8 Å². The summed E-state index contributed by atoms with van der Waals surface area (Å²) in [4.78, 5) is 20.0. The lowest BCUT2D eigenvalue weighted by atomic mass is 10.2. The van der Waals surface area contributed by atoms with Crippen molar-refractivity contribution in [3.05, 3.63) is 22.2 Å². The summed E-state index contributed by atoms with van der Waals surface area (Å²) >= 11 is 3.51. The predicted octanol–water partition coefficient (Wildman–Crippen LogP) is 2.32. The van der Waals surface area contributed by atoms with Crippen LogP contribution in [0.25, 0.3) is 0 Å². The Hall–Kier alpha value is -2.16. The van der Waals surface area contributed by atoms with E-state index in [1.807, 2.05) is 19.1 Å². The quantitative estimate of drug-likeness (QED) is 0.556. The van der Waals surface area contributed by atoms with E-state index in [0.29, 0.717) is 50.8 Å². The van der Waals surface area contributed by atoms with Gasteiger partial charge in [-0.2, -0.15) is 0 Å². The molecule has 1 aliphatic heterocycles. The highest BCUT2D eigenvalue weighted by atomic mass is 79.9. The molecule has 1 aromatic carbocycles. The van der Waals surface area contributed by atoms with Gasteiger partial charge >= 0.3 is 6.09 Å². The first-order valence-electron chi connectivity index (χ1n) is 8.81. The molecule has 0 aliphatic carbocycles. The van der Waals surface area contributed by atoms with Crippen LogP contribution in [0.4, 0.5) is 4.79 Å². The van der Waals surface area contributed by atoms with Crippen molar-refractivity contribution >= 4 is 28.0 Å². The molecule has 27 heavy (non-hydrogen) atoms. The highest BCUT2D eigenvalue weighted by Crippen LogP contribution is 2.36. The second-order valence-electron chi connectivity index (χ2n) is 5.89. The normalized spacial score (nSPS) is 14.8. The zero-order chi connectivity index (χ0) is 19.8. The van der Waals surface area contributed by atoms with Crippen molar-refractivity contribution in [2.75, 3.05) is 54.1 Å². The van der Waals surface area contributed by atoms with Gasteiger partial charge in [0, 0.05) is 39.8 Å². The van der Waals surface area contributed by atoms with Gasteiger partial charge in [0.25, 0.3) is 0 Å². The minimum atomic E-state index is -0.254. The van der Waals surface area contributed by atoms with E-state index in [4.69, 9.17) is 14.2 Å². The number of nitrogens with one attached hydrogen (secondary N) is 1. The molecule has 9 heteroatoms. The Morgan fingerprint density at radius 1 is 1.19 bits per heavy atom. The number of aliphatic imine (C=N–C) groups is 1. The number of ether oxygens (including phenoxy) is 3. The highest BCUT2D eigenvalue weighted by molar-refractivity contribution is 9.10. The first-order chi connectivity index (χ1) is 13.0. The number of nitrogens with zero attached hydrogens (tertiary/aromatic N) is 3. The van der Waals surface area contributed by atoms with Gasteiger partial charge in [-0.05, 0) is 40.5 Å². The van der Waals surface area contributed by atoms with Gasteiger partial charge in [-0.25, -0.2) is 4.79 Å². The average Bonchev–Trinajstić information content (AvgIpc) is 2.68. The second-order valence-corrected chi connectivity index (χ2v) is 6.74. The summed E-state index contributed by atoms with van der Waals surface area (Å²) in [6, 6.07) is 3.92. The molecular weight excluding hydrogens is 416 g/mol. The van der Waals surface area contributed by atoms with E-state index in [1.54, 1.807) is 26.2 Å². The summed E-state index contributed by atoms with van der Waals surface area (Å²) in [5.74, 6) is 2.13. The topological polar surface area (TPSA) is 75.6 Å². The monoisotopic (exact) mass is 442 g/mol. The molecule has 1 aliphatic rings. The number of carbonyl (C=O) groups excluding carboxylic acids is 1. The number of guanidine groups is 1. The van der Waals surface area contributed by atoms with Gasteiger partial charge in [0.15, 0.2) is 17.5 Å². The van der Waals surface area contributed by atoms with Crippen LogP contribution in [-0.4, -0.2) is 75.9 Å². The van der Waals surface area contributed by atoms with Crippen molar-refractivity contribution in [3.63, 3.8) is 0 Å². The average molecular weight is 443 g/mol. The van der Waals surface area contributed by atoms with E-state index in [-0.39, 0.29) is 6.09 Å². The van der Waals surface area contributed by atoms with Gasteiger partial charge in [-0.3, -0.25) is 4.99 Å². The minimum Gasteiger partial charge on any atom is -0.493 e. The summed E-state index contributed by atoms with van der Waals surface area (Å²) < 4.78 is 16.6. The maximum absolute atomic E-state index is 11.8. The van der Waals surface area contributed by atoms with Crippen molar-refractivity contribution in [3.8, 4) is 11.5 Å². The minimum absolute atomic E-state index is 0.254. The van der Waals surface area contributed by atoms with E-state index in [9.17, 15) is 4.79 Å². The van der Waals surface area contributed by atoms with Gasteiger partial charge in [0.2, 0.25) is 0 Å². The fourth-order valence-electron chi connectivity index (χ4n) is 2.90. The van der Waals surface area contributed by atoms with Gasteiger partial charge in [0.1, 0.15) is 0 Å². The molecule has 8 nitrogen and oxygen atoms in total. The van der Waals surface area contributed by atoms with Crippen LogP contribution in [0.2, 0.25) is 0 Å². The number of hydrogen-bond donors (Lipinski definition) is 1. The number of hydrogen-bond acceptors (Lipinski definition) is 5. The number of piperazine rings is 1. The first-order valence-corrected chi connectivity index (χ1v) is 9.61. The van der Waals surface area contributed by atoms with E-state index < -0.39 is 0 Å². The second kappa shape index (κ2) is 10.2. The Labute approximate surface area is 168 Å². The number of halogens is 1. The number of methoxy groups -OCH3 is 2. The van der Waals surface area contributed by atoms with Gasteiger partial charge in [0.05, 0.1) is 25.3 Å². The fourth-order valence-corrected chi connectivity index (χ4v) is 3.55. The zero-order valence-corrected chi connectivity index (χ0v) is 17.8. The molecule has 1 aromatic rings. The lowest BCUT2D eigenvalue weighted by molar-refractivity contribution is 0.0914. The third-order valence-electron chi connectivity index (χ3n) is 4.26. The molecule has 1 amide bonds. The lowest BCUT2D eigenvalue weighted by Crippen LogP contribution is -2.53. The van der Waals surface area contributed by atoms with E-state index in [0.717, 1.165) is 16.0 Å². The fraction of sp³-hybridized carbons (Fsp3) is 0.556. The largest absolute Gasteiger partial charge is 0.493 e. The maximum atomic E-state index is 11.8. The molecule has 1 fully saturated rings. The van der Waals surface area contributed by atoms with Crippen LogP contribution >= 0.6 is 15.9 Å². The standard InChI is InChI=1S/C18H27BrN4O4/c1-5-27-18(24)23-8-6-22(7-9-23)17(20-2)21-12-13-10-14(19)16(26-4)15(11-13)25-3/h10-11H,5-9,12H2,1-4H3,(H,20,21). The molecule has 2 rings (SSSR count).